The molecule has 0 aromatic rings. The Morgan fingerprint density at radius 3 is 2.70 bits per heavy atom. The molecule has 0 radical (unpaired) electrons. The number of hydrogen-bond donors (Lipinski definition) is 1. The fourth-order valence-corrected chi connectivity index (χ4v) is 0.716. The molecule has 3 heteroatoms. The molecule has 1 amide bonds. The highest BCUT2D eigenvalue weighted by atomic mass is 32.2. The number of hydrogen-bond acceptors (Lipinski definition) is 2. The Balaban J connectivity index is 3.26. The topological polar surface area (TPSA) is 29.1 Å². The van der Waals surface area contributed by atoms with Crippen LogP contribution in [0, 0.1) is 0 Å². The summed E-state index contributed by atoms with van der Waals surface area (Å²) in [4.78, 5) is 10.7. The SMILES string of the molecule is CCC(=O)NCC(C)SC. The maximum absolute atomic E-state index is 10.7. The van der Waals surface area contributed by atoms with E-state index in [2.05, 4.69) is 12.2 Å². The Kier molecular flexibility index (Phi) is 5.49. The zero-order chi connectivity index (χ0) is 7.98. The zero-order valence-electron chi connectivity index (χ0n) is 6.81. The molecule has 0 bridgehead atoms. The number of amides is 1. The second kappa shape index (κ2) is 5.59. The highest BCUT2D eigenvalue weighted by Crippen LogP contribution is 2.02. The van der Waals surface area contributed by atoms with Gasteiger partial charge in [-0.15, -0.1) is 0 Å². The van der Waals surface area contributed by atoms with Gasteiger partial charge in [0, 0.05) is 18.2 Å². The molecule has 1 atom stereocenters. The quantitative estimate of drug-likeness (QED) is 0.672. The summed E-state index contributed by atoms with van der Waals surface area (Å²) in [6.07, 6.45) is 2.63. The molecular formula is C7H15NOS. The molecule has 0 aliphatic heterocycles. The zero-order valence-corrected chi connectivity index (χ0v) is 7.62. The fourth-order valence-electron chi connectivity index (χ4n) is 0.466. The third kappa shape index (κ3) is 4.68. The Labute approximate surface area is 66.8 Å². The van der Waals surface area contributed by atoms with Gasteiger partial charge >= 0.3 is 0 Å². The van der Waals surface area contributed by atoms with Crippen molar-refractivity contribution in [3.8, 4) is 0 Å². The van der Waals surface area contributed by atoms with Crippen LogP contribution in [0.25, 0.3) is 0 Å². The molecule has 1 N–H and O–H groups in total. The van der Waals surface area contributed by atoms with Gasteiger partial charge in [-0.3, -0.25) is 4.79 Å². The molecule has 0 fully saturated rings. The van der Waals surface area contributed by atoms with E-state index in [1.165, 1.54) is 0 Å². The van der Waals surface area contributed by atoms with E-state index < -0.39 is 0 Å². The summed E-state index contributed by atoms with van der Waals surface area (Å²) in [6, 6.07) is 0. The Morgan fingerprint density at radius 1 is 1.70 bits per heavy atom. The number of carbonyl (C=O) groups excluding carboxylic acids is 1. The number of carbonyl (C=O) groups is 1. The van der Waals surface area contributed by atoms with Crippen LogP contribution in [0.1, 0.15) is 20.3 Å². The molecule has 0 aromatic heterocycles. The first-order valence-electron chi connectivity index (χ1n) is 3.50. The molecule has 0 saturated carbocycles. The van der Waals surface area contributed by atoms with E-state index in [9.17, 15) is 4.79 Å². The van der Waals surface area contributed by atoms with E-state index in [0.29, 0.717) is 11.7 Å². The van der Waals surface area contributed by atoms with Crippen LogP contribution in [0.2, 0.25) is 0 Å². The molecule has 0 aromatic carbocycles. The predicted molar refractivity (Wildman–Crippen MR) is 46.3 cm³/mol. The van der Waals surface area contributed by atoms with Crippen molar-refractivity contribution >= 4 is 17.7 Å². The third-order valence-corrected chi connectivity index (χ3v) is 2.28. The highest BCUT2D eigenvalue weighted by Gasteiger charge is 2.00. The molecule has 0 rings (SSSR count). The second-order valence-electron chi connectivity index (χ2n) is 2.20. The van der Waals surface area contributed by atoms with Gasteiger partial charge in [0.2, 0.25) is 5.91 Å². The van der Waals surface area contributed by atoms with Crippen LogP contribution >= 0.6 is 11.8 Å². The van der Waals surface area contributed by atoms with Gasteiger partial charge in [0.25, 0.3) is 0 Å². The number of rotatable bonds is 4. The lowest BCUT2D eigenvalue weighted by atomic mass is 10.4. The molecule has 10 heavy (non-hydrogen) atoms. The minimum atomic E-state index is 0.140. The number of nitrogens with one attached hydrogen (secondary N) is 1. The fraction of sp³-hybridized carbons (Fsp3) is 0.857. The van der Waals surface area contributed by atoms with Crippen molar-refractivity contribution in [2.24, 2.45) is 0 Å². The molecule has 1 unspecified atom stereocenters. The highest BCUT2D eigenvalue weighted by molar-refractivity contribution is 7.99. The van der Waals surface area contributed by atoms with E-state index in [-0.39, 0.29) is 5.91 Å². The van der Waals surface area contributed by atoms with Crippen molar-refractivity contribution in [2.45, 2.75) is 25.5 Å². The lowest BCUT2D eigenvalue weighted by Gasteiger charge is -2.08. The van der Waals surface area contributed by atoms with Crippen molar-refractivity contribution in [1.29, 1.82) is 0 Å². The summed E-state index contributed by atoms with van der Waals surface area (Å²) in [6.45, 7) is 4.74. The second-order valence-corrected chi connectivity index (χ2v) is 3.48. The molecule has 0 aliphatic rings. The van der Waals surface area contributed by atoms with Crippen molar-refractivity contribution in [2.75, 3.05) is 12.8 Å². The van der Waals surface area contributed by atoms with E-state index in [4.69, 9.17) is 0 Å². The van der Waals surface area contributed by atoms with Gasteiger partial charge in [-0.1, -0.05) is 13.8 Å². The summed E-state index contributed by atoms with van der Waals surface area (Å²) in [5.41, 5.74) is 0. The smallest absolute Gasteiger partial charge is 0.219 e. The standard InChI is InChI=1S/C7H15NOS/c1-4-7(9)8-5-6(2)10-3/h6H,4-5H2,1-3H3,(H,8,9). The van der Waals surface area contributed by atoms with Crippen LogP contribution in [-0.4, -0.2) is 24.0 Å². The van der Waals surface area contributed by atoms with Crippen molar-refractivity contribution in [1.82, 2.24) is 5.32 Å². The maximum Gasteiger partial charge on any atom is 0.219 e. The van der Waals surface area contributed by atoms with Gasteiger partial charge in [-0.05, 0) is 6.26 Å². The third-order valence-electron chi connectivity index (χ3n) is 1.31. The van der Waals surface area contributed by atoms with E-state index >= 15 is 0 Å². The summed E-state index contributed by atoms with van der Waals surface area (Å²) in [7, 11) is 0. The number of thioether (sulfide) groups is 1. The first-order valence-corrected chi connectivity index (χ1v) is 4.79. The minimum Gasteiger partial charge on any atom is -0.355 e. The van der Waals surface area contributed by atoms with Crippen LogP contribution in [-0.2, 0) is 4.79 Å². The Hall–Kier alpha value is -0.180. The average Bonchev–Trinajstić information content (AvgIpc) is 1.99. The molecule has 0 heterocycles. The van der Waals surface area contributed by atoms with Crippen LogP contribution in [0.4, 0.5) is 0 Å². The lowest BCUT2D eigenvalue weighted by molar-refractivity contribution is -0.120. The van der Waals surface area contributed by atoms with Crippen molar-refractivity contribution in [3.63, 3.8) is 0 Å². The van der Waals surface area contributed by atoms with E-state index in [1.54, 1.807) is 11.8 Å². The van der Waals surface area contributed by atoms with Gasteiger partial charge < -0.3 is 5.32 Å². The summed E-state index contributed by atoms with van der Waals surface area (Å²) in [5, 5.41) is 3.35. The Morgan fingerprint density at radius 2 is 2.30 bits per heavy atom. The summed E-state index contributed by atoms with van der Waals surface area (Å²) < 4.78 is 0. The summed E-state index contributed by atoms with van der Waals surface area (Å²) in [5.74, 6) is 0.140. The van der Waals surface area contributed by atoms with E-state index in [0.717, 1.165) is 6.54 Å². The Bertz CT molecular complexity index is 106. The van der Waals surface area contributed by atoms with Crippen LogP contribution in [0.15, 0.2) is 0 Å². The van der Waals surface area contributed by atoms with Gasteiger partial charge in [-0.25, -0.2) is 0 Å². The van der Waals surface area contributed by atoms with Gasteiger partial charge in [0.05, 0.1) is 0 Å². The molecule has 2 nitrogen and oxygen atoms in total. The van der Waals surface area contributed by atoms with Crippen LogP contribution in [0.3, 0.4) is 0 Å². The summed E-state index contributed by atoms with van der Waals surface area (Å²) >= 11 is 1.76. The van der Waals surface area contributed by atoms with E-state index in [1.807, 2.05) is 13.2 Å². The van der Waals surface area contributed by atoms with Gasteiger partial charge in [0.15, 0.2) is 0 Å². The largest absolute Gasteiger partial charge is 0.355 e. The molecule has 0 saturated heterocycles. The minimum absolute atomic E-state index is 0.140. The molecule has 0 spiro atoms. The first kappa shape index (κ1) is 9.82. The normalized spacial score (nSPS) is 12.7. The molecule has 0 aliphatic carbocycles. The average molecular weight is 161 g/mol. The van der Waals surface area contributed by atoms with Crippen LogP contribution in [0.5, 0.6) is 0 Å². The first-order chi connectivity index (χ1) is 4.70. The van der Waals surface area contributed by atoms with Gasteiger partial charge in [0.1, 0.15) is 0 Å². The van der Waals surface area contributed by atoms with Crippen molar-refractivity contribution < 1.29 is 4.79 Å². The maximum atomic E-state index is 10.7. The lowest BCUT2D eigenvalue weighted by Crippen LogP contribution is -2.28. The van der Waals surface area contributed by atoms with Crippen molar-refractivity contribution in [3.05, 3.63) is 0 Å². The van der Waals surface area contributed by atoms with Crippen LogP contribution < -0.4 is 5.32 Å². The monoisotopic (exact) mass is 161 g/mol. The molecule has 60 valence electrons. The predicted octanol–water partition coefficient (Wildman–Crippen LogP) is 1.26. The van der Waals surface area contributed by atoms with Gasteiger partial charge in [-0.2, -0.15) is 11.8 Å². The molecular weight excluding hydrogens is 146 g/mol.